The Kier molecular flexibility index (Phi) is 41.3. The number of carbonyl (C=O) groups excluding carboxylic acids is 4. The van der Waals surface area contributed by atoms with Gasteiger partial charge in [-0.25, -0.2) is 0 Å². The molecule has 0 spiro atoms. The van der Waals surface area contributed by atoms with Crippen molar-refractivity contribution in [1.82, 2.24) is 5.32 Å². The summed E-state index contributed by atoms with van der Waals surface area (Å²) < 4.78 is 32.5. The molecule has 2 aliphatic carbocycles. The molecule has 75 heavy (non-hydrogen) atoms. The van der Waals surface area contributed by atoms with E-state index in [2.05, 4.69) is 33.0 Å². The number of hydrogen-bond donors (Lipinski definition) is 1. The highest BCUT2D eigenvalue weighted by Crippen LogP contribution is 2.41. The molecule has 0 aromatic carbocycles. The molecule has 7 atom stereocenters. The first-order chi connectivity index (χ1) is 36.8. The van der Waals surface area contributed by atoms with Gasteiger partial charge in [0.05, 0.1) is 0 Å². The zero-order valence-corrected chi connectivity index (χ0v) is 50.0. The van der Waals surface area contributed by atoms with E-state index in [0.29, 0.717) is 37.8 Å². The zero-order chi connectivity index (χ0) is 53.8. The Labute approximate surface area is 465 Å². The summed E-state index contributed by atoms with van der Waals surface area (Å²) in [6, 6.07) is 0.967. The highest BCUT2D eigenvalue weighted by Gasteiger charge is 2.53. The van der Waals surface area contributed by atoms with E-state index in [0.717, 1.165) is 89.9 Å². The average Bonchev–Trinajstić information content (AvgIpc) is 4.10. The van der Waals surface area contributed by atoms with Gasteiger partial charge in [0.2, 0.25) is 0 Å². The lowest BCUT2D eigenvalue weighted by Gasteiger charge is -2.45. The molecule has 11 heteroatoms. The summed E-state index contributed by atoms with van der Waals surface area (Å²) >= 11 is 1.65. The molecule has 0 aromatic heterocycles. The topological polar surface area (TPSA) is 126 Å². The van der Waals surface area contributed by atoms with Crippen LogP contribution in [0.5, 0.6) is 0 Å². The van der Waals surface area contributed by atoms with E-state index >= 15 is 0 Å². The molecule has 10 nitrogen and oxygen atoms in total. The van der Waals surface area contributed by atoms with Crippen molar-refractivity contribution in [2.45, 2.75) is 377 Å². The maximum absolute atomic E-state index is 14.1. The van der Waals surface area contributed by atoms with E-state index in [4.69, 9.17) is 23.7 Å². The van der Waals surface area contributed by atoms with Crippen molar-refractivity contribution in [2.24, 2.45) is 0 Å². The Bertz CT molecular complexity index is 1410. The van der Waals surface area contributed by atoms with Gasteiger partial charge in [-0.15, -0.1) is 11.8 Å². The summed E-state index contributed by atoms with van der Waals surface area (Å²) in [5.74, 6) is -1.46. The quantitative estimate of drug-likeness (QED) is 0.0355. The van der Waals surface area contributed by atoms with Gasteiger partial charge in [0.25, 0.3) is 0 Å². The molecule has 3 rings (SSSR count). The summed E-state index contributed by atoms with van der Waals surface area (Å²) in [5.41, 5.74) is -0.717. The predicted octanol–water partition coefficient (Wildman–Crippen LogP) is 17.9. The van der Waals surface area contributed by atoms with E-state index in [1.165, 1.54) is 167 Å². The van der Waals surface area contributed by atoms with Crippen molar-refractivity contribution < 1.29 is 42.9 Å². The van der Waals surface area contributed by atoms with Gasteiger partial charge >= 0.3 is 23.9 Å². The van der Waals surface area contributed by atoms with E-state index < -0.39 is 41.8 Å². The number of esters is 4. The van der Waals surface area contributed by atoms with Crippen LogP contribution in [0.3, 0.4) is 0 Å². The standard InChI is InChI=1S/C64H117NO9S/c1-5-9-13-17-21-25-29-33-37-45-57(66)70-52-56-61(72-58(67)46-38-34-30-26-22-18-14-10-6-2)62(73-59(68)47-39-35-31-27-23-19-15-11-7-3)63(74-60(69)48-40-36-32-28-24-20-16-12-8-4)64(71-56)75-55-50-49-54(51-55)65-53-43-41-42-44-53/h53-56,61-65H,5-52H2,1-4H3/t54?,55?,56-,61+,62+,63-,64+/m1/s1. The second-order valence-corrected chi connectivity index (χ2v) is 24.7. The van der Waals surface area contributed by atoms with Crippen LogP contribution in [0.1, 0.15) is 329 Å². The minimum Gasteiger partial charge on any atom is -0.463 e. The third-order valence-electron chi connectivity index (χ3n) is 16.3. The molecule has 2 saturated carbocycles. The molecule has 0 aromatic rings. The van der Waals surface area contributed by atoms with Crippen LogP contribution in [-0.4, -0.2) is 77.7 Å². The van der Waals surface area contributed by atoms with Gasteiger partial charge in [0, 0.05) is 43.0 Å². The number of hydrogen-bond acceptors (Lipinski definition) is 11. The van der Waals surface area contributed by atoms with Gasteiger partial charge in [0.15, 0.2) is 18.3 Å². The molecule has 3 aliphatic rings. The minimum atomic E-state index is -1.12. The Morgan fingerprint density at radius 3 is 1.15 bits per heavy atom. The lowest BCUT2D eigenvalue weighted by molar-refractivity contribution is -0.239. The normalized spacial score (nSPS) is 21.9. The number of unbranched alkanes of at least 4 members (excludes halogenated alkanes) is 32. The monoisotopic (exact) mass is 1080 g/mol. The predicted molar refractivity (Wildman–Crippen MR) is 311 cm³/mol. The van der Waals surface area contributed by atoms with Crippen molar-refractivity contribution in [2.75, 3.05) is 6.61 Å². The van der Waals surface area contributed by atoms with Gasteiger partial charge in [-0.2, -0.15) is 0 Å². The van der Waals surface area contributed by atoms with Crippen LogP contribution in [0.2, 0.25) is 0 Å². The molecule has 1 N–H and O–H groups in total. The molecule has 1 saturated heterocycles. The van der Waals surface area contributed by atoms with Crippen molar-refractivity contribution in [3.8, 4) is 0 Å². The van der Waals surface area contributed by atoms with Crippen molar-refractivity contribution in [3.63, 3.8) is 0 Å². The molecule has 3 fully saturated rings. The van der Waals surface area contributed by atoms with Crippen LogP contribution in [-0.2, 0) is 42.9 Å². The van der Waals surface area contributed by atoms with Gasteiger partial charge < -0.3 is 29.0 Å². The number of thioether (sulfide) groups is 1. The summed E-state index contributed by atoms with van der Waals surface area (Å²) in [7, 11) is 0. The van der Waals surface area contributed by atoms with Crippen LogP contribution < -0.4 is 5.32 Å². The first-order valence-electron chi connectivity index (χ1n) is 32.6. The Balaban J connectivity index is 1.84. The lowest BCUT2D eigenvalue weighted by atomic mass is 9.98. The van der Waals surface area contributed by atoms with Crippen molar-refractivity contribution in [3.05, 3.63) is 0 Å². The van der Waals surface area contributed by atoms with E-state index in [-0.39, 0.29) is 43.1 Å². The lowest BCUT2D eigenvalue weighted by Crippen LogP contribution is -2.62. The number of carbonyl (C=O) groups is 4. The van der Waals surface area contributed by atoms with Crippen molar-refractivity contribution in [1.29, 1.82) is 0 Å². The summed E-state index contributed by atoms with van der Waals surface area (Å²) in [4.78, 5) is 55.7. The summed E-state index contributed by atoms with van der Waals surface area (Å²) in [6.45, 7) is 8.81. The Morgan fingerprint density at radius 2 is 0.747 bits per heavy atom. The molecule has 1 heterocycles. The van der Waals surface area contributed by atoms with Crippen LogP contribution in [0.15, 0.2) is 0 Å². The fraction of sp³-hybridized carbons (Fsp3) is 0.938. The molecule has 0 radical (unpaired) electrons. The maximum Gasteiger partial charge on any atom is 0.306 e. The van der Waals surface area contributed by atoms with Gasteiger partial charge in [-0.05, 0) is 57.8 Å². The fourth-order valence-electron chi connectivity index (χ4n) is 11.6. The van der Waals surface area contributed by atoms with Gasteiger partial charge in [0.1, 0.15) is 18.1 Å². The molecular weight excluding hydrogens is 959 g/mol. The Morgan fingerprint density at radius 1 is 0.400 bits per heavy atom. The highest BCUT2D eigenvalue weighted by atomic mass is 32.2. The molecule has 0 amide bonds. The SMILES string of the molecule is CCCCCCCCCCCC(=O)OC[C@H]1O[C@@H](SC2CCC(NC3CCCC3)C2)[C@H](OC(=O)CCCCCCCCCCC)[C@@H](OC(=O)CCCCCCCCCCC)[C@H]1OC(=O)CCCCCCCCCCC. The molecule has 438 valence electrons. The number of ether oxygens (including phenoxy) is 5. The van der Waals surface area contributed by atoms with Crippen LogP contribution in [0.25, 0.3) is 0 Å². The minimum absolute atomic E-state index is 0.148. The largest absolute Gasteiger partial charge is 0.463 e. The van der Waals surface area contributed by atoms with Crippen LogP contribution >= 0.6 is 11.8 Å². The van der Waals surface area contributed by atoms with Gasteiger partial charge in [-0.3, -0.25) is 19.2 Å². The molecule has 1 aliphatic heterocycles. The van der Waals surface area contributed by atoms with E-state index in [9.17, 15) is 19.2 Å². The first-order valence-corrected chi connectivity index (χ1v) is 33.5. The third-order valence-corrected chi connectivity index (χ3v) is 17.7. The summed E-state index contributed by atoms with van der Waals surface area (Å²) in [6.07, 6.45) is 45.6. The Hall–Kier alpha value is -1.85. The van der Waals surface area contributed by atoms with Crippen molar-refractivity contribution >= 4 is 35.6 Å². The second-order valence-electron chi connectivity index (χ2n) is 23.3. The highest BCUT2D eigenvalue weighted by molar-refractivity contribution is 8.00. The van der Waals surface area contributed by atoms with E-state index in [1.54, 1.807) is 11.8 Å². The van der Waals surface area contributed by atoms with Crippen LogP contribution in [0, 0.1) is 0 Å². The second kappa shape index (κ2) is 46.0. The first kappa shape index (κ1) is 67.4. The van der Waals surface area contributed by atoms with Crippen LogP contribution in [0.4, 0.5) is 0 Å². The molecule has 0 bridgehead atoms. The fourth-order valence-corrected chi connectivity index (χ4v) is 13.1. The third kappa shape index (κ3) is 33.4. The zero-order valence-electron chi connectivity index (χ0n) is 49.1. The number of rotatable bonds is 49. The summed E-state index contributed by atoms with van der Waals surface area (Å²) in [5, 5.41) is 4.15. The van der Waals surface area contributed by atoms with Gasteiger partial charge in [-0.1, -0.05) is 246 Å². The molecule has 2 unspecified atom stereocenters. The average molecular weight is 1080 g/mol. The molecular formula is C64H117NO9S. The van der Waals surface area contributed by atoms with E-state index in [1.807, 2.05) is 0 Å². The number of nitrogens with one attached hydrogen (secondary N) is 1. The smallest absolute Gasteiger partial charge is 0.306 e. The maximum atomic E-state index is 14.1.